The fraction of sp³-hybridized carbons (Fsp3) is 0.185. The first kappa shape index (κ1) is 19.3. The Balaban J connectivity index is 1.64. The van der Waals surface area contributed by atoms with Gasteiger partial charge in [0.2, 0.25) is 0 Å². The minimum Gasteiger partial charge on any atom is -0.207 e. The molecule has 146 valence electrons. The summed E-state index contributed by atoms with van der Waals surface area (Å²) >= 11 is 0. The van der Waals surface area contributed by atoms with E-state index >= 15 is 4.39 Å². The van der Waals surface area contributed by atoms with Crippen molar-refractivity contribution in [3.05, 3.63) is 96.1 Å². The van der Waals surface area contributed by atoms with Crippen LogP contribution in [0.2, 0.25) is 0 Å². The van der Waals surface area contributed by atoms with E-state index in [-0.39, 0.29) is 11.6 Å². The average Bonchev–Trinajstić information content (AvgIpc) is 2.74. The van der Waals surface area contributed by atoms with Gasteiger partial charge in [0.25, 0.3) is 0 Å². The molecule has 0 atom stereocenters. The first-order valence-corrected chi connectivity index (χ1v) is 10.2. The van der Waals surface area contributed by atoms with Crippen LogP contribution < -0.4 is 0 Å². The molecule has 0 aliphatic carbocycles. The third kappa shape index (κ3) is 4.22. The molecule has 29 heavy (non-hydrogen) atoms. The summed E-state index contributed by atoms with van der Waals surface area (Å²) in [5.41, 5.74) is 4.51. The van der Waals surface area contributed by atoms with Gasteiger partial charge >= 0.3 is 0 Å². The molecule has 0 bridgehead atoms. The summed E-state index contributed by atoms with van der Waals surface area (Å²) in [4.78, 5) is 0. The highest BCUT2D eigenvalue weighted by atomic mass is 19.1. The summed E-state index contributed by atoms with van der Waals surface area (Å²) in [5.74, 6) is -0.679. The maximum atomic E-state index is 15.1. The first-order chi connectivity index (χ1) is 14.2. The van der Waals surface area contributed by atoms with E-state index in [1.807, 2.05) is 24.3 Å². The fourth-order valence-corrected chi connectivity index (χ4v) is 3.79. The van der Waals surface area contributed by atoms with Crippen LogP contribution in [0.5, 0.6) is 0 Å². The second kappa shape index (κ2) is 8.57. The smallest absolute Gasteiger partial charge is 0.138 e. The number of halogens is 2. The molecule has 0 heterocycles. The number of hydrogen-bond donors (Lipinski definition) is 0. The van der Waals surface area contributed by atoms with Gasteiger partial charge in [0, 0.05) is 10.9 Å². The van der Waals surface area contributed by atoms with Crippen molar-refractivity contribution in [1.29, 1.82) is 0 Å². The Morgan fingerprint density at radius 1 is 0.690 bits per heavy atom. The molecule has 0 unspecified atom stereocenters. The predicted octanol–water partition coefficient (Wildman–Crippen LogP) is 8.18. The van der Waals surface area contributed by atoms with Crippen molar-refractivity contribution in [2.75, 3.05) is 0 Å². The third-order valence-corrected chi connectivity index (χ3v) is 5.45. The van der Waals surface area contributed by atoms with E-state index in [2.05, 4.69) is 31.2 Å². The molecule has 0 radical (unpaired) electrons. The summed E-state index contributed by atoms with van der Waals surface area (Å²) in [6, 6.07) is 24.1. The molecule has 0 aromatic heterocycles. The molecule has 0 N–H and O–H groups in total. The number of unbranched alkanes of at least 4 members (excludes halogenated alkanes) is 2. The van der Waals surface area contributed by atoms with Crippen molar-refractivity contribution in [2.24, 2.45) is 0 Å². The second-order valence-electron chi connectivity index (χ2n) is 7.53. The standard InChI is InChI=1S/C27H24F2/c1-2-3-4-6-19-9-11-20(12-10-19)21-13-15-26-23(17-21)14-16-25(27(26)29)22-7-5-8-24(28)18-22/h5,7-18H,2-4,6H2,1H3. The lowest BCUT2D eigenvalue weighted by molar-refractivity contribution is 0.627. The Kier molecular flexibility index (Phi) is 5.71. The van der Waals surface area contributed by atoms with Crippen LogP contribution in [-0.4, -0.2) is 0 Å². The van der Waals surface area contributed by atoms with Crippen LogP contribution in [-0.2, 0) is 6.42 Å². The van der Waals surface area contributed by atoms with Crippen molar-refractivity contribution in [3.8, 4) is 22.3 Å². The zero-order chi connectivity index (χ0) is 20.2. The Bertz CT molecular complexity index is 1130. The number of rotatable bonds is 6. The van der Waals surface area contributed by atoms with Crippen molar-refractivity contribution in [3.63, 3.8) is 0 Å². The van der Waals surface area contributed by atoms with Gasteiger partial charge in [0.15, 0.2) is 0 Å². The van der Waals surface area contributed by atoms with E-state index in [1.165, 1.54) is 37.0 Å². The molecule has 0 aliphatic heterocycles. The molecule has 0 spiro atoms. The van der Waals surface area contributed by atoms with Crippen LogP contribution in [0.4, 0.5) is 8.78 Å². The van der Waals surface area contributed by atoms with Crippen molar-refractivity contribution >= 4 is 10.8 Å². The van der Waals surface area contributed by atoms with E-state index in [0.717, 1.165) is 22.9 Å². The summed E-state index contributed by atoms with van der Waals surface area (Å²) in [5, 5.41) is 1.39. The molecule has 4 rings (SSSR count). The highest BCUT2D eigenvalue weighted by Gasteiger charge is 2.11. The maximum absolute atomic E-state index is 15.1. The second-order valence-corrected chi connectivity index (χ2v) is 7.53. The molecule has 2 heteroatoms. The van der Waals surface area contributed by atoms with Crippen molar-refractivity contribution in [1.82, 2.24) is 0 Å². The Morgan fingerprint density at radius 3 is 2.24 bits per heavy atom. The molecule has 4 aromatic rings. The maximum Gasteiger partial charge on any atom is 0.138 e. The summed E-state index contributed by atoms with van der Waals surface area (Å²) in [7, 11) is 0. The van der Waals surface area contributed by atoms with E-state index < -0.39 is 0 Å². The monoisotopic (exact) mass is 386 g/mol. The number of hydrogen-bond acceptors (Lipinski definition) is 0. The largest absolute Gasteiger partial charge is 0.207 e. The predicted molar refractivity (Wildman–Crippen MR) is 118 cm³/mol. The Hall–Kier alpha value is -3.00. The molecular formula is C27H24F2. The lowest BCUT2D eigenvalue weighted by Crippen LogP contribution is -1.89. The van der Waals surface area contributed by atoms with Gasteiger partial charge in [-0.3, -0.25) is 0 Å². The minimum atomic E-state index is -0.365. The van der Waals surface area contributed by atoms with Gasteiger partial charge in [0.05, 0.1) is 0 Å². The normalized spacial score (nSPS) is 11.1. The highest BCUT2D eigenvalue weighted by molar-refractivity contribution is 5.91. The molecule has 0 nitrogen and oxygen atoms in total. The van der Waals surface area contributed by atoms with Gasteiger partial charge in [-0.25, -0.2) is 8.78 Å². The number of fused-ring (bicyclic) bond motifs is 1. The fourth-order valence-electron chi connectivity index (χ4n) is 3.79. The molecule has 0 saturated heterocycles. The Labute approximate surface area is 170 Å². The number of aryl methyl sites for hydroxylation is 1. The van der Waals surface area contributed by atoms with E-state index in [4.69, 9.17) is 0 Å². The van der Waals surface area contributed by atoms with Crippen LogP contribution in [0.3, 0.4) is 0 Å². The third-order valence-electron chi connectivity index (χ3n) is 5.45. The average molecular weight is 386 g/mol. The van der Waals surface area contributed by atoms with Crippen molar-refractivity contribution < 1.29 is 8.78 Å². The van der Waals surface area contributed by atoms with Gasteiger partial charge in [-0.2, -0.15) is 0 Å². The lowest BCUT2D eigenvalue weighted by atomic mass is 9.96. The van der Waals surface area contributed by atoms with Gasteiger partial charge in [-0.15, -0.1) is 0 Å². The van der Waals surface area contributed by atoms with E-state index in [9.17, 15) is 4.39 Å². The van der Waals surface area contributed by atoms with Gasteiger partial charge in [0.1, 0.15) is 11.6 Å². The SMILES string of the molecule is CCCCCc1ccc(-c2ccc3c(F)c(-c4cccc(F)c4)ccc3c2)cc1. The molecule has 0 fully saturated rings. The first-order valence-electron chi connectivity index (χ1n) is 10.2. The van der Waals surface area contributed by atoms with Crippen LogP contribution >= 0.6 is 0 Å². The molecule has 0 amide bonds. The summed E-state index contributed by atoms with van der Waals surface area (Å²) < 4.78 is 28.6. The zero-order valence-electron chi connectivity index (χ0n) is 16.6. The summed E-state index contributed by atoms with van der Waals surface area (Å²) in [6.45, 7) is 2.22. The van der Waals surface area contributed by atoms with E-state index in [1.54, 1.807) is 18.2 Å². The summed E-state index contributed by atoms with van der Waals surface area (Å²) in [6.07, 6.45) is 4.82. The van der Waals surface area contributed by atoms with Crippen LogP contribution in [0.25, 0.3) is 33.0 Å². The van der Waals surface area contributed by atoms with Crippen LogP contribution in [0, 0.1) is 11.6 Å². The van der Waals surface area contributed by atoms with E-state index in [0.29, 0.717) is 16.5 Å². The molecule has 0 aliphatic rings. The number of benzene rings is 4. The van der Waals surface area contributed by atoms with Gasteiger partial charge in [-0.05, 0) is 58.7 Å². The topological polar surface area (TPSA) is 0 Å². The van der Waals surface area contributed by atoms with Crippen molar-refractivity contribution in [2.45, 2.75) is 32.6 Å². The highest BCUT2D eigenvalue weighted by Crippen LogP contribution is 2.32. The molecule has 4 aromatic carbocycles. The lowest BCUT2D eigenvalue weighted by Gasteiger charge is -2.10. The quantitative estimate of drug-likeness (QED) is 0.293. The van der Waals surface area contributed by atoms with Gasteiger partial charge in [-0.1, -0.05) is 80.4 Å². The van der Waals surface area contributed by atoms with Crippen LogP contribution in [0.1, 0.15) is 31.7 Å². The zero-order valence-corrected chi connectivity index (χ0v) is 16.6. The minimum absolute atomic E-state index is 0.314. The van der Waals surface area contributed by atoms with Gasteiger partial charge < -0.3 is 0 Å². The molecule has 0 saturated carbocycles. The van der Waals surface area contributed by atoms with Crippen LogP contribution in [0.15, 0.2) is 78.9 Å². The Morgan fingerprint density at radius 2 is 1.48 bits per heavy atom. The molecular weight excluding hydrogens is 362 g/mol.